The Morgan fingerprint density at radius 2 is 1.32 bits per heavy atom. The van der Waals surface area contributed by atoms with Crippen LogP contribution in [0.25, 0.3) is 11.5 Å². The number of halogens is 2. The fraction of sp³-hybridized carbons (Fsp3) is 0. The van der Waals surface area contributed by atoms with Crippen molar-refractivity contribution < 1.29 is 32.9 Å². The SMILES string of the molecule is NC(=O)c1nc(Oc2ccc([N+](=O)[O-])cc2F)cc(-c2nc(N)cc(Oc3ccc([N+](=O)[O-])cc3F)n2)n1. The number of benzene rings is 2. The maximum atomic E-state index is 14.3. The zero-order chi connectivity index (χ0) is 27.6. The van der Waals surface area contributed by atoms with E-state index >= 15 is 0 Å². The lowest BCUT2D eigenvalue weighted by Gasteiger charge is -2.10. The predicted molar refractivity (Wildman–Crippen MR) is 122 cm³/mol. The number of aromatic nitrogens is 4. The van der Waals surface area contributed by atoms with E-state index < -0.39 is 62.0 Å². The van der Waals surface area contributed by atoms with E-state index in [4.69, 9.17) is 20.9 Å². The van der Waals surface area contributed by atoms with Crippen LogP contribution in [0.1, 0.15) is 10.6 Å². The van der Waals surface area contributed by atoms with Crippen molar-refractivity contribution in [3.8, 4) is 34.8 Å². The Morgan fingerprint density at radius 3 is 1.79 bits per heavy atom. The molecule has 0 unspecified atom stereocenters. The molecule has 0 fully saturated rings. The summed E-state index contributed by atoms with van der Waals surface area (Å²) < 4.78 is 39.2. The number of carbonyl (C=O) groups is 1. The van der Waals surface area contributed by atoms with Crippen LogP contribution in [0.3, 0.4) is 0 Å². The molecule has 0 aliphatic carbocycles. The van der Waals surface area contributed by atoms with Crippen LogP contribution in [0.15, 0.2) is 48.5 Å². The highest BCUT2D eigenvalue weighted by Gasteiger charge is 2.19. The predicted octanol–water partition coefficient (Wildman–Crippen LogP) is 3.29. The van der Waals surface area contributed by atoms with Gasteiger partial charge in [0.05, 0.1) is 22.0 Å². The van der Waals surface area contributed by atoms with Crippen molar-refractivity contribution in [3.63, 3.8) is 0 Å². The summed E-state index contributed by atoms with van der Waals surface area (Å²) in [6.45, 7) is 0. The highest BCUT2D eigenvalue weighted by molar-refractivity contribution is 5.89. The molecule has 2 heterocycles. The first kappa shape index (κ1) is 25.2. The molecule has 17 heteroatoms. The molecule has 0 saturated heterocycles. The summed E-state index contributed by atoms with van der Waals surface area (Å²) in [4.78, 5) is 47.5. The van der Waals surface area contributed by atoms with Crippen molar-refractivity contribution in [1.29, 1.82) is 0 Å². The highest BCUT2D eigenvalue weighted by atomic mass is 19.1. The molecule has 38 heavy (non-hydrogen) atoms. The molecule has 0 aliphatic heterocycles. The molecule has 0 aliphatic rings. The van der Waals surface area contributed by atoms with Gasteiger partial charge in [0.25, 0.3) is 17.3 Å². The lowest BCUT2D eigenvalue weighted by atomic mass is 10.3. The summed E-state index contributed by atoms with van der Waals surface area (Å²) in [5.74, 6) is -5.91. The molecule has 0 atom stereocenters. The van der Waals surface area contributed by atoms with Crippen LogP contribution in [0, 0.1) is 31.9 Å². The average molecular weight is 526 g/mol. The number of anilines is 1. The van der Waals surface area contributed by atoms with E-state index in [9.17, 15) is 33.8 Å². The number of amides is 1. The number of carbonyl (C=O) groups excluding carboxylic acids is 1. The zero-order valence-electron chi connectivity index (χ0n) is 18.6. The van der Waals surface area contributed by atoms with Crippen molar-refractivity contribution in [2.45, 2.75) is 0 Å². The number of hydrogen-bond acceptors (Lipinski definition) is 12. The minimum absolute atomic E-state index is 0.185. The second kappa shape index (κ2) is 10.0. The van der Waals surface area contributed by atoms with Gasteiger partial charge in [0.1, 0.15) is 11.5 Å². The minimum atomic E-state index is -1.10. The maximum Gasteiger partial charge on any atom is 0.286 e. The second-order valence-corrected chi connectivity index (χ2v) is 7.18. The van der Waals surface area contributed by atoms with Crippen molar-refractivity contribution >= 4 is 23.1 Å². The van der Waals surface area contributed by atoms with Crippen LogP contribution < -0.4 is 20.9 Å². The van der Waals surface area contributed by atoms with E-state index in [1.807, 2.05) is 0 Å². The van der Waals surface area contributed by atoms with Crippen LogP contribution in [0.2, 0.25) is 0 Å². The average Bonchev–Trinajstić information content (AvgIpc) is 2.85. The molecule has 4 aromatic rings. The van der Waals surface area contributed by atoms with E-state index in [-0.39, 0.29) is 23.2 Å². The molecule has 4 N–H and O–H groups in total. The van der Waals surface area contributed by atoms with Crippen LogP contribution >= 0.6 is 0 Å². The van der Waals surface area contributed by atoms with E-state index in [0.717, 1.165) is 36.4 Å². The van der Waals surface area contributed by atoms with Gasteiger partial charge in [-0.1, -0.05) is 0 Å². The van der Waals surface area contributed by atoms with Gasteiger partial charge in [-0.2, -0.15) is 9.97 Å². The fourth-order valence-electron chi connectivity index (χ4n) is 2.91. The number of nitro benzene ring substituents is 2. The van der Waals surface area contributed by atoms with Crippen molar-refractivity contribution in [2.24, 2.45) is 5.73 Å². The van der Waals surface area contributed by atoms with Gasteiger partial charge in [0, 0.05) is 24.3 Å². The molecule has 2 aromatic heterocycles. The second-order valence-electron chi connectivity index (χ2n) is 7.18. The lowest BCUT2D eigenvalue weighted by molar-refractivity contribution is -0.385. The van der Waals surface area contributed by atoms with Crippen LogP contribution in [-0.2, 0) is 0 Å². The van der Waals surface area contributed by atoms with Crippen LogP contribution in [-0.4, -0.2) is 35.7 Å². The molecule has 0 spiro atoms. The number of nitrogens with zero attached hydrogens (tertiary/aromatic N) is 6. The van der Waals surface area contributed by atoms with E-state index in [0.29, 0.717) is 12.1 Å². The Balaban J connectivity index is 1.71. The Morgan fingerprint density at radius 1 is 0.789 bits per heavy atom. The molecule has 15 nitrogen and oxygen atoms in total. The fourth-order valence-corrected chi connectivity index (χ4v) is 2.91. The first-order valence-electron chi connectivity index (χ1n) is 10.1. The first-order chi connectivity index (χ1) is 18.0. The van der Waals surface area contributed by atoms with Gasteiger partial charge in [0.2, 0.25) is 17.6 Å². The maximum absolute atomic E-state index is 14.3. The number of primary amides is 1. The Labute approximate surface area is 209 Å². The Bertz CT molecular complexity index is 1620. The molecule has 0 saturated carbocycles. The first-order valence-corrected chi connectivity index (χ1v) is 10.1. The zero-order valence-corrected chi connectivity index (χ0v) is 18.6. The quantitative estimate of drug-likeness (QED) is 0.249. The third kappa shape index (κ3) is 5.51. The highest BCUT2D eigenvalue weighted by Crippen LogP contribution is 2.31. The summed E-state index contributed by atoms with van der Waals surface area (Å²) in [5, 5.41) is 21.6. The summed E-state index contributed by atoms with van der Waals surface area (Å²) in [7, 11) is 0. The molecular formula is C21H12F2N8O7. The van der Waals surface area contributed by atoms with E-state index in [2.05, 4.69) is 19.9 Å². The summed E-state index contributed by atoms with van der Waals surface area (Å²) in [6, 6.07) is 7.43. The van der Waals surface area contributed by atoms with Crippen LogP contribution in [0.5, 0.6) is 23.3 Å². The van der Waals surface area contributed by atoms with Gasteiger partial charge < -0.3 is 20.9 Å². The van der Waals surface area contributed by atoms with Crippen molar-refractivity contribution in [1.82, 2.24) is 19.9 Å². The topological polar surface area (TPSA) is 225 Å². The minimum Gasteiger partial charge on any atom is -0.436 e. The van der Waals surface area contributed by atoms with E-state index in [1.165, 1.54) is 0 Å². The largest absolute Gasteiger partial charge is 0.436 e. The van der Waals surface area contributed by atoms with Crippen molar-refractivity contribution in [3.05, 3.63) is 86.2 Å². The number of hydrogen-bond donors (Lipinski definition) is 2. The number of ether oxygens (including phenoxy) is 2. The normalized spacial score (nSPS) is 10.6. The molecule has 192 valence electrons. The van der Waals surface area contributed by atoms with E-state index in [1.54, 1.807) is 0 Å². The lowest BCUT2D eigenvalue weighted by Crippen LogP contribution is -2.16. The van der Waals surface area contributed by atoms with Gasteiger partial charge in [-0.15, -0.1) is 0 Å². The monoisotopic (exact) mass is 526 g/mol. The van der Waals surface area contributed by atoms with Crippen LogP contribution in [0.4, 0.5) is 26.0 Å². The summed E-state index contributed by atoms with van der Waals surface area (Å²) >= 11 is 0. The van der Waals surface area contributed by atoms with Crippen molar-refractivity contribution in [2.75, 3.05) is 5.73 Å². The molecule has 1 amide bonds. The molecule has 4 rings (SSSR count). The molecule has 2 aromatic carbocycles. The standard InChI is InChI=1S/C21H12F2N8O7/c22-11-5-9(30(33)34)1-3-14(11)37-17-7-13(26-21(29-17)19(25)32)20-27-16(24)8-18(28-20)38-15-4-2-10(31(35)36)6-12(15)23/h1-8H,(H2,25,32)(H2,24,27,28). The van der Waals surface area contributed by atoms with Gasteiger partial charge in [-0.3, -0.25) is 25.0 Å². The summed E-state index contributed by atoms with van der Waals surface area (Å²) in [6.07, 6.45) is 0. The Kier molecular flexibility index (Phi) is 6.65. The third-order valence-corrected chi connectivity index (χ3v) is 4.56. The number of nitrogen functional groups attached to an aromatic ring is 1. The number of rotatable bonds is 8. The van der Waals surface area contributed by atoms with Gasteiger partial charge >= 0.3 is 0 Å². The number of non-ortho nitro benzene ring substituents is 2. The Hall–Kier alpha value is -5.87. The number of nitro groups is 2. The smallest absolute Gasteiger partial charge is 0.286 e. The number of nitrogens with two attached hydrogens (primary N) is 2. The molecule has 0 bridgehead atoms. The summed E-state index contributed by atoms with van der Waals surface area (Å²) in [5.41, 5.74) is 9.82. The van der Waals surface area contributed by atoms with Gasteiger partial charge in [0.15, 0.2) is 29.0 Å². The molecular weight excluding hydrogens is 514 g/mol. The molecule has 0 radical (unpaired) electrons. The third-order valence-electron chi connectivity index (χ3n) is 4.56. The van der Waals surface area contributed by atoms with Gasteiger partial charge in [-0.25, -0.2) is 18.7 Å². The van der Waals surface area contributed by atoms with Gasteiger partial charge in [-0.05, 0) is 12.1 Å².